The van der Waals surface area contributed by atoms with Gasteiger partial charge in [-0.2, -0.15) is 4.98 Å². The summed E-state index contributed by atoms with van der Waals surface area (Å²) in [6.07, 6.45) is 1.59. The summed E-state index contributed by atoms with van der Waals surface area (Å²) in [4.78, 5) is 30.1. The first-order valence-electron chi connectivity index (χ1n) is 10.0. The highest BCUT2D eigenvalue weighted by molar-refractivity contribution is 6.44. The second-order valence-corrected chi connectivity index (χ2v) is 9.33. The van der Waals surface area contributed by atoms with E-state index >= 15 is 0 Å². The zero-order chi connectivity index (χ0) is 21.8. The molecule has 0 saturated carbocycles. The van der Waals surface area contributed by atoms with Crippen LogP contribution in [0.4, 0.5) is 10.6 Å². The predicted molar refractivity (Wildman–Crippen MR) is 116 cm³/mol. The van der Waals surface area contributed by atoms with E-state index in [-0.39, 0.29) is 34.5 Å². The molecule has 0 spiro atoms. The molecule has 2 aliphatic rings. The fraction of sp³-hybridized carbons (Fsp3) is 0.600. The van der Waals surface area contributed by atoms with E-state index in [1.807, 2.05) is 27.7 Å². The lowest BCUT2D eigenvalue weighted by Crippen LogP contribution is -2.65. The van der Waals surface area contributed by atoms with Crippen molar-refractivity contribution in [2.45, 2.75) is 64.8 Å². The van der Waals surface area contributed by atoms with Crippen LogP contribution >= 0.6 is 23.2 Å². The average molecular weight is 454 g/mol. The molecule has 0 N–H and O–H groups in total. The number of pyridine rings is 1. The first-order valence-corrected chi connectivity index (χ1v) is 10.8. The molecule has 162 valence electrons. The van der Waals surface area contributed by atoms with Crippen LogP contribution in [0.2, 0.25) is 10.2 Å². The quantitative estimate of drug-likeness (QED) is 0.594. The molecule has 8 nitrogen and oxygen atoms in total. The Balaban J connectivity index is 1.79. The first kappa shape index (κ1) is 21.2. The number of ether oxygens (including phenoxy) is 2. The maximum Gasteiger partial charge on any atom is 0.410 e. The number of amides is 1. The van der Waals surface area contributed by atoms with E-state index in [9.17, 15) is 4.79 Å². The number of rotatable bonds is 1. The number of anilines is 1. The maximum absolute atomic E-state index is 12.9. The number of carbonyl (C=O) groups is 1. The Bertz CT molecular complexity index is 997. The van der Waals surface area contributed by atoms with Crippen molar-refractivity contribution >= 4 is 46.0 Å². The van der Waals surface area contributed by atoms with Gasteiger partial charge in [-0.05, 0) is 34.1 Å². The summed E-state index contributed by atoms with van der Waals surface area (Å²) in [6.45, 7) is 10.7. The highest BCUT2D eigenvalue weighted by atomic mass is 35.5. The van der Waals surface area contributed by atoms with Crippen LogP contribution in [-0.2, 0) is 4.74 Å². The zero-order valence-electron chi connectivity index (χ0n) is 17.6. The van der Waals surface area contributed by atoms with E-state index in [1.54, 1.807) is 4.90 Å². The zero-order valence-corrected chi connectivity index (χ0v) is 19.2. The van der Waals surface area contributed by atoms with Crippen molar-refractivity contribution in [1.82, 2.24) is 19.9 Å². The molecule has 3 atom stereocenters. The number of hydrogen-bond acceptors (Lipinski definition) is 7. The van der Waals surface area contributed by atoms with Crippen LogP contribution in [0.25, 0.3) is 10.9 Å². The SMILES string of the molecule is CC[C@H]1[C@H]2[C@H](C)Oc3nc(Cl)c(Cl)c4ncnc(c34)N2CCN1C(=O)OC(C)(C)C. The highest BCUT2D eigenvalue weighted by Crippen LogP contribution is 2.43. The molecule has 2 aliphatic heterocycles. The average Bonchev–Trinajstić information content (AvgIpc) is 2.79. The Kier molecular flexibility index (Phi) is 5.34. The van der Waals surface area contributed by atoms with Gasteiger partial charge < -0.3 is 19.3 Å². The summed E-state index contributed by atoms with van der Waals surface area (Å²) in [5.41, 5.74) is -0.0583. The molecule has 0 radical (unpaired) electrons. The second-order valence-electron chi connectivity index (χ2n) is 8.60. The van der Waals surface area contributed by atoms with Crippen LogP contribution in [0.1, 0.15) is 41.0 Å². The largest absolute Gasteiger partial charge is 0.472 e. The van der Waals surface area contributed by atoms with Crippen LogP contribution < -0.4 is 9.64 Å². The van der Waals surface area contributed by atoms with Gasteiger partial charge in [0.05, 0.1) is 12.1 Å². The number of aromatic nitrogens is 3. The van der Waals surface area contributed by atoms with E-state index in [4.69, 9.17) is 32.7 Å². The highest BCUT2D eigenvalue weighted by Gasteiger charge is 2.46. The van der Waals surface area contributed by atoms with Crippen LogP contribution in [0.3, 0.4) is 0 Å². The number of hydrogen-bond donors (Lipinski definition) is 0. The van der Waals surface area contributed by atoms with Gasteiger partial charge in [-0.25, -0.2) is 14.8 Å². The van der Waals surface area contributed by atoms with E-state index < -0.39 is 5.60 Å². The second kappa shape index (κ2) is 7.57. The molecule has 0 unspecified atom stereocenters. The van der Waals surface area contributed by atoms with Gasteiger partial charge in [0.25, 0.3) is 0 Å². The minimum atomic E-state index is -0.565. The van der Waals surface area contributed by atoms with Gasteiger partial charge in [0.1, 0.15) is 39.8 Å². The monoisotopic (exact) mass is 453 g/mol. The van der Waals surface area contributed by atoms with Gasteiger partial charge in [-0.15, -0.1) is 0 Å². The maximum atomic E-state index is 12.9. The first-order chi connectivity index (χ1) is 14.1. The minimum absolute atomic E-state index is 0.131. The summed E-state index contributed by atoms with van der Waals surface area (Å²) in [5.74, 6) is 1.05. The lowest BCUT2D eigenvalue weighted by atomic mass is 9.94. The van der Waals surface area contributed by atoms with Gasteiger partial charge in [0, 0.05) is 13.1 Å². The Morgan fingerprint density at radius 2 is 2.03 bits per heavy atom. The Hall–Kier alpha value is -2.06. The number of piperazine rings is 1. The standard InChI is InChI=1S/C20H25Cl2N5O3/c1-6-11-15-10(2)29-18-12-14(13(21)16(22)25-18)23-9-24-17(12)27(15)8-7-26(11)19(28)30-20(3,4)5/h9-11,15H,6-8H2,1-5H3/t10-,11-,15+/m0/s1. The lowest BCUT2D eigenvalue weighted by molar-refractivity contribution is 0.000942. The van der Waals surface area contributed by atoms with Crippen LogP contribution in [0, 0.1) is 0 Å². The van der Waals surface area contributed by atoms with E-state index in [1.165, 1.54) is 6.33 Å². The smallest absolute Gasteiger partial charge is 0.410 e. The van der Waals surface area contributed by atoms with Crippen molar-refractivity contribution in [3.63, 3.8) is 0 Å². The molecule has 0 aliphatic carbocycles. The van der Waals surface area contributed by atoms with Gasteiger partial charge in [-0.1, -0.05) is 30.1 Å². The van der Waals surface area contributed by atoms with E-state index in [2.05, 4.69) is 26.8 Å². The molecular weight excluding hydrogens is 429 g/mol. The predicted octanol–water partition coefficient (Wildman–Crippen LogP) is 4.32. The van der Waals surface area contributed by atoms with Crippen molar-refractivity contribution in [2.75, 3.05) is 18.0 Å². The molecule has 1 saturated heterocycles. The third-order valence-electron chi connectivity index (χ3n) is 5.46. The molecule has 1 fully saturated rings. The summed E-state index contributed by atoms with van der Waals surface area (Å²) < 4.78 is 11.9. The van der Waals surface area contributed by atoms with Crippen LogP contribution in [-0.4, -0.2) is 62.8 Å². The fourth-order valence-corrected chi connectivity index (χ4v) is 4.68. The fourth-order valence-electron chi connectivity index (χ4n) is 4.33. The summed E-state index contributed by atoms with van der Waals surface area (Å²) in [6, 6.07) is -0.282. The van der Waals surface area contributed by atoms with E-state index in [0.29, 0.717) is 35.7 Å². The van der Waals surface area contributed by atoms with Crippen LogP contribution in [0.5, 0.6) is 5.88 Å². The van der Waals surface area contributed by atoms with E-state index in [0.717, 1.165) is 6.42 Å². The molecule has 4 heterocycles. The third kappa shape index (κ3) is 3.50. The summed E-state index contributed by atoms with van der Waals surface area (Å²) in [5, 5.41) is 1.05. The number of nitrogens with zero attached hydrogens (tertiary/aromatic N) is 5. The lowest BCUT2D eigenvalue weighted by Gasteiger charge is -2.48. The number of carbonyl (C=O) groups excluding carboxylic acids is 1. The third-order valence-corrected chi connectivity index (χ3v) is 6.19. The van der Waals surface area contributed by atoms with Crippen molar-refractivity contribution in [1.29, 1.82) is 0 Å². The van der Waals surface area contributed by atoms with Gasteiger partial charge in [-0.3, -0.25) is 0 Å². The van der Waals surface area contributed by atoms with Crippen LogP contribution in [0.15, 0.2) is 6.33 Å². The molecule has 10 heteroatoms. The number of halogens is 2. The molecule has 0 bridgehead atoms. The topological polar surface area (TPSA) is 80.7 Å². The van der Waals surface area contributed by atoms with Crippen molar-refractivity contribution in [2.24, 2.45) is 0 Å². The molecule has 2 aromatic heterocycles. The molecule has 30 heavy (non-hydrogen) atoms. The van der Waals surface area contributed by atoms with Gasteiger partial charge in [0.15, 0.2) is 5.15 Å². The number of fused-ring (bicyclic) bond motifs is 2. The molecule has 1 amide bonds. The van der Waals surface area contributed by atoms with Crippen molar-refractivity contribution in [3.05, 3.63) is 16.5 Å². The Labute approximate surface area is 185 Å². The molecule has 4 rings (SSSR count). The summed E-state index contributed by atoms with van der Waals surface area (Å²) in [7, 11) is 0. The Morgan fingerprint density at radius 1 is 1.30 bits per heavy atom. The normalized spacial score (nSPS) is 23.6. The molecular formula is C20H25Cl2N5O3. The van der Waals surface area contributed by atoms with Crippen molar-refractivity contribution < 1.29 is 14.3 Å². The summed E-state index contributed by atoms with van der Waals surface area (Å²) >= 11 is 12.6. The van der Waals surface area contributed by atoms with Crippen molar-refractivity contribution in [3.8, 4) is 5.88 Å². The Morgan fingerprint density at radius 3 is 2.70 bits per heavy atom. The van der Waals surface area contributed by atoms with Gasteiger partial charge in [0.2, 0.25) is 5.88 Å². The van der Waals surface area contributed by atoms with Gasteiger partial charge >= 0.3 is 6.09 Å². The minimum Gasteiger partial charge on any atom is -0.472 e. The molecule has 0 aromatic carbocycles. The molecule has 2 aromatic rings.